The minimum absolute atomic E-state index is 0.239. The first kappa shape index (κ1) is 18.6. The van der Waals surface area contributed by atoms with Crippen LogP contribution >= 0.6 is 0 Å². The number of amides is 1. The van der Waals surface area contributed by atoms with Crippen LogP contribution in [-0.2, 0) is 17.3 Å². The van der Waals surface area contributed by atoms with Gasteiger partial charge in [0.1, 0.15) is 5.60 Å². The number of piperazine rings is 1. The Morgan fingerprint density at radius 2 is 2.04 bits per heavy atom. The van der Waals surface area contributed by atoms with Gasteiger partial charge < -0.3 is 15.0 Å². The summed E-state index contributed by atoms with van der Waals surface area (Å²) in [6.45, 7) is 6.99. The van der Waals surface area contributed by atoms with E-state index in [1.54, 1.807) is 31.7 Å². The van der Waals surface area contributed by atoms with Gasteiger partial charge in [0.05, 0.1) is 11.6 Å². The van der Waals surface area contributed by atoms with Crippen LogP contribution in [0.2, 0.25) is 0 Å². The maximum Gasteiger partial charge on any atom is 0.416 e. The molecule has 1 aliphatic rings. The lowest BCUT2D eigenvalue weighted by molar-refractivity contribution is -0.137. The van der Waals surface area contributed by atoms with Crippen LogP contribution < -0.4 is 5.32 Å². The highest BCUT2D eigenvalue weighted by Crippen LogP contribution is 2.30. The van der Waals surface area contributed by atoms with Crippen LogP contribution in [0.1, 0.15) is 31.9 Å². The van der Waals surface area contributed by atoms with Gasteiger partial charge in [0.15, 0.2) is 0 Å². The molecule has 0 aromatic heterocycles. The normalized spacial score (nSPS) is 19.2. The zero-order valence-electron chi connectivity index (χ0n) is 14.1. The highest BCUT2D eigenvalue weighted by atomic mass is 19.4. The number of halogens is 3. The molecule has 134 valence electrons. The van der Waals surface area contributed by atoms with E-state index in [1.807, 2.05) is 0 Å². The molecule has 1 heterocycles. The van der Waals surface area contributed by atoms with E-state index in [4.69, 9.17) is 4.74 Å². The third kappa shape index (κ3) is 5.12. The van der Waals surface area contributed by atoms with Gasteiger partial charge in [-0.25, -0.2) is 4.79 Å². The second-order valence-electron chi connectivity index (χ2n) is 6.93. The number of carbonyl (C=O) groups is 1. The molecule has 1 saturated heterocycles. The van der Waals surface area contributed by atoms with E-state index in [2.05, 4.69) is 5.32 Å². The van der Waals surface area contributed by atoms with Crippen molar-refractivity contribution in [1.82, 2.24) is 10.2 Å². The van der Waals surface area contributed by atoms with Crippen LogP contribution in [0.15, 0.2) is 24.3 Å². The van der Waals surface area contributed by atoms with E-state index in [0.29, 0.717) is 31.6 Å². The molecule has 1 aromatic rings. The quantitative estimate of drug-likeness (QED) is 0.893. The number of nitrogens with zero attached hydrogens (tertiary/aromatic N) is 1. The second-order valence-corrected chi connectivity index (χ2v) is 6.93. The first-order valence-corrected chi connectivity index (χ1v) is 7.93. The van der Waals surface area contributed by atoms with E-state index in [9.17, 15) is 18.0 Å². The molecule has 1 N–H and O–H groups in total. The number of carbonyl (C=O) groups excluding carboxylic acids is 1. The standard InChI is InChI=1S/C17H23F3N2O2/c1-16(2,3)24-15(23)22-8-7-21-11-14(22)10-12-5-4-6-13(9-12)17(18,19)20/h4-6,9,14,21H,7-8,10-11H2,1-3H3/t14-/m1/s1. The maximum absolute atomic E-state index is 12.8. The van der Waals surface area contributed by atoms with Gasteiger partial charge in [-0.15, -0.1) is 0 Å². The third-order valence-corrected chi connectivity index (χ3v) is 3.70. The highest BCUT2D eigenvalue weighted by Gasteiger charge is 2.32. The molecule has 0 aliphatic carbocycles. The van der Waals surface area contributed by atoms with Crippen LogP contribution in [0.25, 0.3) is 0 Å². The number of hydrogen-bond acceptors (Lipinski definition) is 3. The van der Waals surface area contributed by atoms with Crippen LogP contribution in [0, 0.1) is 0 Å². The van der Waals surface area contributed by atoms with Gasteiger partial charge in [-0.05, 0) is 38.8 Å². The van der Waals surface area contributed by atoms with Crippen molar-refractivity contribution in [3.8, 4) is 0 Å². The second kappa shape index (κ2) is 7.01. The fourth-order valence-corrected chi connectivity index (χ4v) is 2.65. The van der Waals surface area contributed by atoms with Crippen molar-refractivity contribution in [1.29, 1.82) is 0 Å². The Morgan fingerprint density at radius 3 is 2.67 bits per heavy atom. The Morgan fingerprint density at radius 1 is 1.33 bits per heavy atom. The van der Waals surface area contributed by atoms with E-state index in [0.717, 1.165) is 12.1 Å². The van der Waals surface area contributed by atoms with Crippen molar-refractivity contribution < 1.29 is 22.7 Å². The van der Waals surface area contributed by atoms with Gasteiger partial charge in [0.25, 0.3) is 0 Å². The van der Waals surface area contributed by atoms with Crippen molar-refractivity contribution in [2.75, 3.05) is 19.6 Å². The largest absolute Gasteiger partial charge is 0.444 e. The van der Waals surface area contributed by atoms with E-state index < -0.39 is 23.4 Å². The topological polar surface area (TPSA) is 41.6 Å². The smallest absolute Gasteiger partial charge is 0.416 e. The molecule has 0 unspecified atom stereocenters. The average Bonchev–Trinajstić information content (AvgIpc) is 2.45. The van der Waals surface area contributed by atoms with E-state index in [-0.39, 0.29) is 6.04 Å². The van der Waals surface area contributed by atoms with Gasteiger partial charge in [-0.1, -0.05) is 18.2 Å². The molecule has 1 fully saturated rings. The monoisotopic (exact) mass is 344 g/mol. The Kier molecular flexibility index (Phi) is 5.42. The predicted molar refractivity (Wildman–Crippen MR) is 84.7 cm³/mol. The van der Waals surface area contributed by atoms with Crippen molar-refractivity contribution >= 4 is 6.09 Å². The minimum Gasteiger partial charge on any atom is -0.444 e. The molecule has 1 amide bonds. The van der Waals surface area contributed by atoms with Crippen molar-refractivity contribution in [2.45, 2.75) is 45.0 Å². The molecule has 0 bridgehead atoms. The number of alkyl halides is 3. The molecule has 2 rings (SSSR count). The number of rotatable bonds is 2. The van der Waals surface area contributed by atoms with Crippen LogP contribution in [0.3, 0.4) is 0 Å². The van der Waals surface area contributed by atoms with Crippen LogP contribution in [0.4, 0.5) is 18.0 Å². The van der Waals surface area contributed by atoms with Crippen molar-refractivity contribution in [3.05, 3.63) is 35.4 Å². The summed E-state index contributed by atoms with van der Waals surface area (Å²) in [5, 5.41) is 3.18. The van der Waals surface area contributed by atoms with Gasteiger partial charge in [0, 0.05) is 19.6 Å². The lowest BCUT2D eigenvalue weighted by atomic mass is 10.0. The zero-order chi connectivity index (χ0) is 18.0. The third-order valence-electron chi connectivity index (χ3n) is 3.70. The minimum atomic E-state index is -4.37. The Labute approximate surface area is 140 Å². The lowest BCUT2D eigenvalue weighted by Crippen LogP contribution is -2.55. The van der Waals surface area contributed by atoms with E-state index in [1.165, 1.54) is 6.07 Å². The fourth-order valence-electron chi connectivity index (χ4n) is 2.65. The molecule has 0 saturated carbocycles. The zero-order valence-corrected chi connectivity index (χ0v) is 14.1. The van der Waals surface area contributed by atoms with Crippen molar-refractivity contribution in [2.24, 2.45) is 0 Å². The molecule has 7 heteroatoms. The summed E-state index contributed by atoms with van der Waals surface area (Å²) in [7, 11) is 0. The molecule has 1 aliphatic heterocycles. The Hall–Kier alpha value is -1.76. The van der Waals surface area contributed by atoms with Gasteiger partial charge in [-0.2, -0.15) is 13.2 Å². The first-order valence-electron chi connectivity index (χ1n) is 7.93. The number of benzene rings is 1. The summed E-state index contributed by atoms with van der Waals surface area (Å²) in [6, 6.07) is 5.00. The SMILES string of the molecule is CC(C)(C)OC(=O)N1CCNC[C@H]1Cc1cccc(C(F)(F)F)c1. The summed E-state index contributed by atoms with van der Waals surface area (Å²) in [5.74, 6) is 0. The van der Waals surface area contributed by atoms with Gasteiger partial charge in [0.2, 0.25) is 0 Å². The van der Waals surface area contributed by atoms with Gasteiger partial charge in [-0.3, -0.25) is 0 Å². The molecule has 0 radical (unpaired) electrons. The molecule has 24 heavy (non-hydrogen) atoms. The molecule has 0 spiro atoms. The average molecular weight is 344 g/mol. The van der Waals surface area contributed by atoms with Crippen LogP contribution in [0.5, 0.6) is 0 Å². The van der Waals surface area contributed by atoms with E-state index >= 15 is 0 Å². The van der Waals surface area contributed by atoms with Crippen LogP contribution in [-0.4, -0.2) is 42.3 Å². The summed E-state index contributed by atoms with van der Waals surface area (Å²) in [5.41, 5.74) is -0.734. The lowest BCUT2D eigenvalue weighted by Gasteiger charge is -2.37. The summed E-state index contributed by atoms with van der Waals surface area (Å²) >= 11 is 0. The number of ether oxygens (including phenoxy) is 1. The summed E-state index contributed by atoms with van der Waals surface area (Å²) in [6.07, 6.45) is -4.46. The predicted octanol–water partition coefficient (Wildman–Crippen LogP) is 3.46. The number of hydrogen-bond donors (Lipinski definition) is 1. The Balaban J connectivity index is 2.13. The molecule has 1 aromatic carbocycles. The van der Waals surface area contributed by atoms with Crippen molar-refractivity contribution in [3.63, 3.8) is 0 Å². The summed E-state index contributed by atoms with van der Waals surface area (Å²) in [4.78, 5) is 13.9. The molecule has 1 atom stereocenters. The highest BCUT2D eigenvalue weighted by molar-refractivity contribution is 5.68. The molecular formula is C17H23F3N2O2. The first-order chi connectivity index (χ1) is 11.1. The van der Waals surface area contributed by atoms with Gasteiger partial charge >= 0.3 is 12.3 Å². The Bertz CT molecular complexity index is 582. The maximum atomic E-state index is 12.8. The molecular weight excluding hydrogens is 321 g/mol. The molecule has 4 nitrogen and oxygen atoms in total. The summed E-state index contributed by atoms with van der Waals surface area (Å²) < 4.78 is 43.9. The number of nitrogens with one attached hydrogen (secondary N) is 1. The fraction of sp³-hybridized carbons (Fsp3) is 0.588.